The lowest BCUT2D eigenvalue weighted by Gasteiger charge is -2.22. The second kappa shape index (κ2) is 7.28. The van der Waals surface area contributed by atoms with Crippen LogP contribution in [-0.2, 0) is 0 Å². The van der Waals surface area contributed by atoms with E-state index in [2.05, 4.69) is 24.3 Å². The molecule has 0 radical (unpaired) electrons. The topological polar surface area (TPSA) is 63.6 Å². The zero-order valence-electron chi connectivity index (χ0n) is 16.1. The lowest BCUT2D eigenvalue weighted by Crippen LogP contribution is -2.04. The molecule has 4 nitrogen and oxygen atoms in total. The minimum Gasteiger partial charge on any atom is -0.507 e. The first kappa shape index (κ1) is 17.8. The highest BCUT2D eigenvalue weighted by Gasteiger charge is 2.17. The Morgan fingerprint density at radius 3 is 2.03 bits per heavy atom. The second-order valence-electron chi connectivity index (χ2n) is 7.78. The van der Waals surface area contributed by atoms with E-state index in [1.807, 2.05) is 24.3 Å². The summed E-state index contributed by atoms with van der Waals surface area (Å²) in [6.45, 7) is 0. The summed E-state index contributed by atoms with van der Waals surface area (Å²) in [4.78, 5) is 11.4. The summed E-state index contributed by atoms with van der Waals surface area (Å²) >= 11 is 0. The van der Waals surface area contributed by atoms with E-state index in [4.69, 9.17) is 8.83 Å². The molecular weight excluding hydrogens is 364 g/mol. The Morgan fingerprint density at radius 1 is 0.724 bits per heavy atom. The zero-order chi connectivity index (χ0) is 19.8. The maximum absolute atomic E-state index is 11.4. The van der Waals surface area contributed by atoms with Gasteiger partial charge in [0.15, 0.2) is 11.2 Å². The quantitative estimate of drug-likeness (QED) is 0.438. The third kappa shape index (κ3) is 3.35. The molecule has 0 aliphatic heterocycles. The van der Waals surface area contributed by atoms with Crippen molar-refractivity contribution in [3.8, 4) is 28.0 Å². The smallest absolute Gasteiger partial charge is 0.507 e. The minimum atomic E-state index is -0.776. The van der Waals surface area contributed by atoms with Gasteiger partial charge in [0.2, 0.25) is 0 Å². The number of aromatic hydroxyl groups is 1. The zero-order valence-corrected chi connectivity index (χ0v) is 16.1. The molecule has 1 N–H and O–H groups in total. The van der Waals surface area contributed by atoms with Crippen molar-refractivity contribution in [2.24, 2.45) is 0 Å². The van der Waals surface area contributed by atoms with Crippen LogP contribution in [0, 0.1) is 0 Å². The normalized spacial score (nSPS) is 15.0. The van der Waals surface area contributed by atoms with Gasteiger partial charge < -0.3 is 13.9 Å². The van der Waals surface area contributed by atoms with Crippen LogP contribution < -0.4 is 5.82 Å². The van der Waals surface area contributed by atoms with Gasteiger partial charge in [-0.3, -0.25) is 0 Å². The fourth-order valence-electron chi connectivity index (χ4n) is 4.42. The van der Waals surface area contributed by atoms with Gasteiger partial charge in [0.1, 0.15) is 5.75 Å². The van der Waals surface area contributed by atoms with Crippen molar-refractivity contribution in [2.45, 2.75) is 38.0 Å². The second-order valence-corrected chi connectivity index (χ2v) is 7.78. The van der Waals surface area contributed by atoms with E-state index in [-0.39, 0.29) is 11.3 Å². The molecule has 4 heteroatoms. The van der Waals surface area contributed by atoms with Crippen molar-refractivity contribution in [3.63, 3.8) is 0 Å². The highest BCUT2D eigenvalue weighted by atomic mass is 16.6. The van der Waals surface area contributed by atoms with Gasteiger partial charge in [-0.2, -0.15) is 0 Å². The molecule has 0 saturated heterocycles. The molecule has 146 valence electrons. The molecule has 0 unspecified atom stereocenters. The predicted molar refractivity (Wildman–Crippen MR) is 113 cm³/mol. The van der Waals surface area contributed by atoms with Gasteiger partial charge >= 0.3 is 5.82 Å². The Bertz CT molecular complexity index is 1190. The third-order valence-electron chi connectivity index (χ3n) is 5.97. The molecule has 1 aromatic heterocycles. The maximum Gasteiger partial charge on any atom is 0.519 e. The Labute approximate surface area is 168 Å². The number of fused-ring (bicyclic) bond motifs is 1. The Kier molecular flexibility index (Phi) is 4.47. The molecule has 4 aromatic rings. The monoisotopic (exact) mass is 386 g/mol. The van der Waals surface area contributed by atoms with Gasteiger partial charge in [-0.1, -0.05) is 67.8 Å². The van der Waals surface area contributed by atoms with Crippen LogP contribution in [0.15, 0.2) is 74.3 Å². The summed E-state index contributed by atoms with van der Waals surface area (Å²) in [6.07, 6.45) is 6.64. The van der Waals surface area contributed by atoms with Gasteiger partial charge in [0.05, 0.1) is 5.56 Å². The van der Waals surface area contributed by atoms with Gasteiger partial charge in [-0.15, -0.1) is 0 Å². The average molecular weight is 386 g/mol. The highest BCUT2D eigenvalue weighted by molar-refractivity contribution is 5.93. The van der Waals surface area contributed by atoms with E-state index < -0.39 is 5.82 Å². The van der Waals surface area contributed by atoms with E-state index in [1.54, 1.807) is 0 Å². The summed E-state index contributed by atoms with van der Waals surface area (Å²) in [7, 11) is 0. The average Bonchev–Trinajstić information content (AvgIpc) is 3.15. The van der Waals surface area contributed by atoms with Crippen LogP contribution in [0.3, 0.4) is 0 Å². The van der Waals surface area contributed by atoms with E-state index in [9.17, 15) is 9.90 Å². The maximum atomic E-state index is 11.4. The molecule has 1 fully saturated rings. The number of phenols is 1. The first-order valence-electron chi connectivity index (χ1n) is 10.2. The molecule has 29 heavy (non-hydrogen) atoms. The molecule has 1 heterocycles. The highest BCUT2D eigenvalue weighted by Crippen LogP contribution is 2.37. The van der Waals surface area contributed by atoms with Crippen molar-refractivity contribution in [2.75, 3.05) is 0 Å². The first-order chi connectivity index (χ1) is 14.2. The Hall–Kier alpha value is -3.27. The Morgan fingerprint density at radius 2 is 1.34 bits per heavy atom. The van der Waals surface area contributed by atoms with E-state index in [0.717, 1.165) is 16.7 Å². The summed E-state index contributed by atoms with van der Waals surface area (Å²) in [5, 5.41) is 10.3. The molecule has 1 aliphatic rings. The van der Waals surface area contributed by atoms with E-state index >= 15 is 0 Å². The fourth-order valence-corrected chi connectivity index (χ4v) is 4.42. The summed E-state index contributed by atoms with van der Waals surface area (Å²) in [6, 6.07) is 19.8. The fraction of sp³-hybridized carbons (Fsp3) is 0.240. The molecule has 1 aliphatic carbocycles. The van der Waals surface area contributed by atoms with Crippen molar-refractivity contribution in [1.82, 2.24) is 0 Å². The van der Waals surface area contributed by atoms with Crippen molar-refractivity contribution >= 4 is 11.2 Å². The predicted octanol–water partition coefficient (Wildman–Crippen LogP) is 6.47. The van der Waals surface area contributed by atoms with Crippen LogP contribution in [0.2, 0.25) is 0 Å². The van der Waals surface area contributed by atoms with Crippen LogP contribution in [0.4, 0.5) is 0 Å². The Balaban J connectivity index is 1.45. The van der Waals surface area contributed by atoms with Gasteiger partial charge in [-0.05, 0) is 53.1 Å². The molecule has 5 rings (SSSR count). The van der Waals surface area contributed by atoms with Crippen molar-refractivity contribution in [1.29, 1.82) is 0 Å². The lowest BCUT2D eigenvalue weighted by molar-refractivity contribution is 0.409. The summed E-state index contributed by atoms with van der Waals surface area (Å²) < 4.78 is 10.1. The first-order valence-corrected chi connectivity index (χ1v) is 10.2. The number of phenolic OH excluding ortho intramolecular Hbond substituents is 1. The lowest BCUT2D eigenvalue weighted by atomic mass is 9.83. The molecule has 0 bridgehead atoms. The third-order valence-corrected chi connectivity index (χ3v) is 5.97. The van der Waals surface area contributed by atoms with Crippen molar-refractivity contribution in [3.05, 3.63) is 76.8 Å². The molecule has 3 aromatic carbocycles. The molecule has 0 spiro atoms. The summed E-state index contributed by atoms with van der Waals surface area (Å²) in [5.41, 5.74) is 5.52. The minimum absolute atomic E-state index is 0.0478. The molecule has 0 atom stereocenters. The molecular formula is C25H22O4. The summed E-state index contributed by atoms with van der Waals surface area (Å²) in [5.74, 6) is -0.0265. The van der Waals surface area contributed by atoms with Gasteiger partial charge in [0.25, 0.3) is 0 Å². The van der Waals surface area contributed by atoms with Crippen LogP contribution >= 0.6 is 0 Å². The number of benzene rings is 3. The standard InChI is InChI=1S/C25H22O4/c26-21-14-15-22-24(29-25(27)28-22)23(21)20-12-10-19(11-13-20)18-8-6-17(7-9-18)16-4-2-1-3-5-16/h6-16,26H,1-5H2. The van der Waals surface area contributed by atoms with Crippen LogP contribution in [0.25, 0.3) is 33.4 Å². The van der Waals surface area contributed by atoms with E-state index in [0.29, 0.717) is 17.1 Å². The van der Waals surface area contributed by atoms with Gasteiger partial charge in [0, 0.05) is 0 Å². The number of rotatable bonds is 3. The van der Waals surface area contributed by atoms with Crippen LogP contribution in [-0.4, -0.2) is 5.11 Å². The van der Waals surface area contributed by atoms with Crippen molar-refractivity contribution < 1.29 is 13.9 Å². The number of hydrogen-bond acceptors (Lipinski definition) is 4. The van der Waals surface area contributed by atoms with Crippen LogP contribution in [0.5, 0.6) is 5.75 Å². The van der Waals surface area contributed by atoms with Gasteiger partial charge in [-0.25, -0.2) is 4.79 Å². The number of hydrogen-bond donors (Lipinski definition) is 1. The largest absolute Gasteiger partial charge is 0.519 e. The van der Waals surface area contributed by atoms with E-state index in [1.165, 1.54) is 49.8 Å². The molecule has 1 saturated carbocycles. The molecule has 0 amide bonds. The SMILES string of the molecule is O=c1oc2ccc(O)c(-c3ccc(-c4ccc(C5CCCCC5)cc4)cc3)c2o1. The van der Waals surface area contributed by atoms with Crippen LogP contribution in [0.1, 0.15) is 43.6 Å².